The van der Waals surface area contributed by atoms with E-state index in [1.165, 1.54) is 6.92 Å². The smallest absolute Gasteiger partial charge is 0.309 e. The number of quaternary nitrogens is 1. The van der Waals surface area contributed by atoms with Gasteiger partial charge in [0.15, 0.2) is 6.10 Å². The molecule has 0 amide bonds. The molecule has 0 aliphatic heterocycles. The van der Waals surface area contributed by atoms with Crippen molar-refractivity contribution in [1.82, 2.24) is 0 Å². The molecule has 2 atom stereocenters. The zero-order valence-electron chi connectivity index (χ0n) is 12.4. The minimum atomic E-state index is -1.48. The molecule has 0 fully saturated rings. The first kappa shape index (κ1) is 18.5. The maximum Gasteiger partial charge on any atom is 0.309 e. The number of aldehydes is 1. The Morgan fingerprint density at radius 3 is 2.35 bits per heavy atom. The van der Waals surface area contributed by atoms with Crippen molar-refractivity contribution in [1.29, 1.82) is 0 Å². The molecule has 0 spiro atoms. The summed E-state index contributed by atoms with van der Waals surface area (Å²) in [5.74, 6) is -2.05. The number of hydrogen-bond acceptors (Lipinski definition) is 6. The van der Waals surface area contributed by atoms with Crippen LogP contribution in [-0.2, 0) is 19.1 Å². The second-order valence-electron chi connectivity index (χ2n) is 6.21. The van der Waals surface area contributed by atoms with Crippen molar-refractivity contribution >= 4 is 18.2 Å². The monoisotopic (exact) mass is 289 g/mol. The Labute approximate surface area is 118 Å². The summed E-state index contributed by atoms with van der Waals surface area (Å²) in [6, 6.07) is 0. The molecular formula is C13H23NO6. The van der Waals surface area contributed by atoms with Crippen LogP contribution in [0, 0.1) is 0 Å². The van der Waals surface area contributed by atoms with Gasteiger partial charge in [-0.2, -0.15) is 0 Å². The molecule has 0 heterocycles. The number of carbonyl (C=O) groups is 3. The second kappa shape index (κ2) is 7.35. The maximum absolute atomic E-state index is 11.7. The van der Waals surface area contributed by atoms with Gasteiger partial charge < -0.3 is 29.0 Å². The third kappa shape index (κ3) is 9.46. The number of ether oxygens (including phenoxy) is 1. The molecule has 0 bridgehead atoms. The molecule has 0 aliphatic carbocycles. The fraction of sp³-hybridized carbons (Fsp3) is 0.769. The van der Waals surface area contributed by atoms with Crippen LogP contribution in [0.5, 0.6) is 0 Å². The van der Waals surface area contributed by atoms with E-state index in [2.05, 4.69) is 0 Å². The largest absolute Gasteiger partial charge is 0.550 e. The average molecular weight is 289 g/mol. The van der Waals surface area contributed by atoms with Crippen LogP contribution in [0.3, 0.4) is 0 Å². The fourth-order valence-corrected chi connectivity index (χ4v) is 1.73. The van der Waals surface area contributed by atoms with Gasteiger partial charge >= 0.3 is 5.97 Å². The summed E-state index contributed by atoms with van der Waals surface area (Å²) >= 11 is 0. The minimum absolute atomic E-state index is 0.192. The number of likely N-dealkylation sites (N-methyl/N-ethyl adjacent to an activating group) is 1. The van der Waals surface area contributed by atoms with Gasteiger partial charge in [-0.05, 0) is 6.92 Å². The van der Waals surface area contributed by atoms with Gasteiger partial charge in [-0.25, -0.2) is 0 Å². The first-order valence-corrected chi connectivity index (χ1v) is 6.31. The summed E-state index contributed by atoms with van der Waals surface area (Å²) in [5.41, 5.74) is -1.48. The quantitative estimate of drug-likeness (QED) is 0.314. The zero-order valence-corrected chi connectivity index (χ0v) is 12.4. The van der Waals surface area contributed by atoms with Crippen molar-refractivity contribution in [2.24, 2.45) is 0 Å². The number of carboxylic acid groups (broad SMARTS) is 1. The number of esters is 1. The second-order valence-corrected chi connectivity index (χ2v) is 6.21. The SMILES string of the molecule is CC(O)(CC=O)CC(=O)OC(CC(=O)[O-])C[N+](C)(C)C. The van der Waals surface area contributed by atoms with Gasteiger partial charge in [0.1, 0.15) is 12.8 Å². The van der Waals surface area contributed by atoms with E-state index in [1.807, 2.05) is 21.1 Å². The molecule has 0 saturated heterocycles. The van der Waals surface area contributed by atoms with Crippen LogP contribution in [0.15, 0.2) is 0 Å². The number of nitrogens with zero attached hydrogens (tertiary/aromatic N) is 1. The molecule has 0 radical (unpaired) electrons. The molecular weight excluding hydrogens is 266 g/mol. The number of aliphatic hydroxyl groups is 1. The standard InChI is InChI=1S/C13H23NO6/c1-13(19,5-6-15)8-12(18)20-10(7-11(16)17)9-14(2,3)4/h6,10,19H,5,7-9H2,1-4H3. The molecule has 0 aromatic carbocycles. The topological polar surface area (TPSA) is 104 Å². The van der Waals surface area contributed by atoms with Crippen LogP contribution < -0.4 is 5.11 Å². The van der Waals surface area contributed by atoms with Crippen LogP contribution >= 0.6 is 0 Å². The predicted octanol–water partition coefficient (Wildman–Crippen LogP) is -1.53. The Bertz CT molecular complexity index is 358. The van der Waals surface area contributed by atoms with Gasteiger partial charge in [-0.1, -0.05) is 0 Å². The zero-order chi connectivity index (χ0) is 16.0. The molecule has 1 N–H and O–H groups in total. The lowest BCUT2D eigenvalue weighted by Gasteiger charge is -2.30. The van der Waals surface area contributed by atoms with Crippen molar-refractivity contribution in [2.75, 3.05) is 27.7 Å². The summed E-state index contributed by atoms with van der Waals surface area (Å²) in [6.45, 7) is 1.64. The molecule has 20 heavy (non-hydrogen) atoms. The lowest BCUT2D eigenvalue weighted by atomic mass is 9.99. The van der Waals surface area contributed by atoms with E-state index < -0.39 is 30.1 Å². The number of rotatable bonds is 9. The van der Waals surface area contributed by atoms with E-state index >= 15 is 0 Å². The minimum Gasteiger partial charge on any atom is -0.550 e. The third-order valence-electron chi connectivity index (χ3n) is 2.49. The summed E-state index contributed by atoms with van der Waals surface area (Å²) in [5, 5.41) is 20.4. The van der Waals surface area contributed by atoms with Gasteiger partial charge in [-0.3, -0.25) is 4.79 Å². The normalized spacial score (nSPS) is 16.1. The molecule has 0 aliphatic rings. The molecule has 0 aromatic heterocycles. The Morgan fingerprint density at radius 2 is 1.95 bits per heavy atom. The molecule has 116 valence electrons. The highest BCUT2D eigenvalue weighted by Gasteiger charge is 2.28. The number of carbonyl (C=O) groups excluding carboxylic acids is 3. The van der Waals surface area contributed by atoms with Gasteiger partial charge in [0, 0.05) is 18.8 Å². The molecule has 0 saturated carbocycles. The van der Waals surface area contributed by atoms with E-state index in [1.54, 1.807) is 0 Å². The van der Waals surface area contributed by atoms with E-state index in [4.69, 9.17) is 4.74 Å². The van der Waals surface area contributed by atoms with E-state index in [0.717, 1.165) is 0 Å². The number of aliphatic carboxylic acids is 1. The van der Waals surface area contributed by atoms with Crippen LogP contribution in [0.1, 0.15) is 26.2 Å². The van der Waals surface area contributed by atoms with Crippen LogP contribution in [0.25, 0.3) is 0 Å². The lowest BCUT2D eigenvalue weighted by Crippen LogP contribution is -2.45. The van der Waals surface area contributed by atoms with Gasteiger partial charge in [0.25, 0.3) is 0 Å². The van der Waals surface area contributed by atoms with Crippen LogP contribution in [0.4, 0.5) is 0 Å². The van der Waals surface area contributed by atoms with E-state index in [0.29, 0.717) is 17.3 Å². The first-order chi connectivity index (χ1) is 8.95. The van der Waals surface area contributed by atoms with Crippen molar-refractivity contribution < 1.29 is 33.8 Å². The summed E-state index contributed by atoms with van der Waals surface area (Å²) in [6.07, 6.45) is -1.29. The molecule has 2 unspecified atom stereocenters. The number of carboxylic acids is 1. The summed E-state index contributed by atoms with van der Waals surface area (Å²) < 4.78 is 5.48. The van der Waals surface area contributed by atoms with Crippen molar-refractivity contribution in [3.8, 4) is 0 Å². The van der Waals surface area contributed by atoms with Crippen molar-refractivity contribution in [3.05, 3.63) is 0 Å². The number of hydrogen-bond donors (Lipinski definition) is 1. The van der Waals surface area contributed by atoms with E-state index in [9.17, 15) is 24.6 Å². The third-order valence-corrected chi connectivity index (χ3v) is 2.49. The van der Waals surface area contributed by atoms with Crippen molar-refractivity contribution in [3.63, 3.8) is 0 Å². The Balaban J connectivity index is 4.60. The summed E-state index contributed by atoms with van der Waals surface area (Å²) in [4.78, 5) is 32.7. The van der Waals surface area contributed by atoms with Crippen LogP contribution in [-0.4, -0.2) is 67.2 Å². The molecule has 0 aromatic rings. The average Bonchev–Trinajstić information content (AvgIpc) is 2.10. The maximum atomic E-state index is 11.7. The van der Waals surface area contributed by atoms with E-state index in [-0.39, 0.29) is 12.8 Å². The van der Waals surface area contributed by atoms with Gasteiger partial charge in [0.05, 0.1) is 33.2 Å². The molecule has 0 rings (SSSR count). The highest BCUT2D eigenvalue weighted by molar-refractivity contribution is 5.72. The van der Waals surface area contributed by atoms with Gasteiger partial charge in [-0.15, -0.1) is 0 Å². The fourth-order valence-electron chi connectivity index (χ4n) is 1.73. The van der Waals surface area contributed by atoms with Crippen molar-refractivity contribution in [2.45, 2.75) is 37.9 Å². The molecule has 7 nitrogen and oxygen atoms in total. The highest BCUT2D eigenvalue weighted by Crippen LogP contribution is 2.15. The lowest BCUT2D eigenvalue weighted by molar-refractivity contribution is -0.873. The van der Waals surface area contributed by atoms with Crippen LogP contribution in [0.2, 0.25) is 0 Å². The summed E-state index contributed by atoms with van der Waals surface area (Å²) in [7, 11) is 5.50. The first-order valence-electron chi connectivity index (χ1n) is 6.31. The predicted molar refractivity (Wildman–Crippen MR) is 68.3 cm³/mol. The highest BCUT2D eigenvalue weighted by atomic mass is 16.5. The Morgan fingerprint density at radius 1 is 1.40 bits per heavy atom. The van der Waals surface area contributed by atoms with Gasteiger partial charge in [0.2, 0.25) is 0 Å². The molecule has 7 heteroatoms. The Hall–Kier alpha value is -1.47. The Kier molecular flexibility index (Phi) is 6.81.